The van der Waals surface area contributed by atoms with E-state index in [-0.39, 0.29) is 18.1 Å². The summed E-state index contributed by atoms with van der Waals surface area (Å²) in [5.41, 5.74) is 0.905. The van der Waals surface area contributed by atoms with Crippen molar-refractivity contribution >= 4 is 41.3 Å². The highest BCUT2D eigenvalue weighted by molar-refractivity contribution is 8.06. The molecule has 0 aromatic heterocycles. The number of rotatable bonds is 2. The van der Waals surface area contributed by atoms with Crippen molar-refractivity contribution in [2.24, 2.45) is 0 Å². The number of benzene rings is 1. The number of hydrogen-bond acceptors (Lipinski definition) is 5. The number of carbonyl (C=O) groups excluding carboxylic acids is 1. The van der Waals surface area contributed by atoms with E-state index in [0.29, 0.717) is 10.7 Å². The van der Waals surface area contributed by atoms with Crippen molar-refractivity contribution in [1.82, 2.24) is 5.32 Å². The number of amides is 1. The summed E-state index contributed by atoms with van der Waals surface area (Å²) in [6.45, 7) is 0.248. The predicted molar refractivity (Wildman–Crippen MR) is 73.7 cm³/mol. The lowest BCUT2D eigenvalue weighted by atomic mass is 10.2. The number of carbonyl (C=O) groups is 1. The summed E-state index contributed by atoms with van der Waals surface area (Å²) in [6, 6.07) is 5.58. The van der Waals surface area contributed by atoms with E-state index in [9.17, 15) is 4.79 Å². The minimum atomic E-state index is -0.118. The first-order valence-electron chi connectivity index (χ1n) is 5.30. The molecule has 2 aliphatic heterocycles. The normalized spacial score (nSPS) is 23.2. The van der Waals surface area contributed by atoms with Gasteiger partial charge in [0.2, 0.25) is 6.79 Å². The fourth-order valence-electron chi connectivity index (χ4n) is 1.74. The molecule has 6 heteroatoms. The zero-order chi connectivity index (χ0) is 12.5. The van der Waals surface area contributed by atoms with Crippen molar-refractivity contribution < 1.29 is 14.3 Å². The molecule has 2 aliphatic rings. The summed E-state index contributed by atoms with van der Waals surface area (Å²) in [5.74, 6) is 1.35. The molecular weight excluding hydrogens is 270 g/mol. The van der Waals surface area contributed by atoms with Crippen molar-refractivity contribution in [3.05, 3.63) is 28.7 Å². The first-order valence-corrected chi connectivity index (χ1v) is 6.65. The molecule has 3 rings (SSSR count). The average molecular weight is 279 g/mol. The van der Waals surface area contributed by atoms with Crippen LogP contribution in [0.15, 0.2) is 23.1 Å². The third kappa shape index (κ3) is 2.09. The van der Waals surface area contributed by atoms with Gasteiger partial charge in [0.1, 0.15) is 5.37 Å². The smallest absolute Gasteiger partial charge is 0.258 e. The molecule has 1 unspecified atom stereocenters. The molecule has 92 valence electrons. The van der Waals surface area contributed by atoms with Crippen molar-refractivity contribution in [3.63, 3.8) is 0 Å². The molecule has 0 spiro atoms. The second kappa shape index (κ2) is 4.62. The van der Waals surface area contributed by atoms with Crippen LogP contribution in [0.1, 0.15) is 5.56 Å². The molecule has 0 aliphatic carbocycles. The Morgan fingerprint density at radius 3 is 3.00 bits per heavy atom. The van der Waals surface area contributed by atoms with E-state index in [1.165, 1.54) is 11.8 Å². The van der Waals surface area contributed by atoms with Gasteiger partial charge >= 0.3 is 0 Å². The van der Waals surface area contributed by atoms with E-state index in [0.717, 1.165) is 11.3 Å². The first-order chi connectivity index (χ1) is 8.76. The van der Waals surface area contributed by atoms with Gasteiger partial charge in [0.05, 0.1) is 4.91 Å². The molecule has 1 amide bonds. The van der Waals surface area contributed by atoms with Gasteiger partial charge in [-0.1, -0.05) is 30.0 Å². The standard InChI is InChI=1S/C12H9NO3S2/c14-12-10(18-11(5-17)13-12)4-7-1-2-8-9(3-7)16-6-15-8/h1-5,11H,6H2,(H,13,14)/b10-4-. The topological polar surface area (TPSA) is 47.6 Å². The van der Waals surface area contributed by atoms with Crippen molar-refractivity contribution in [2.45, 2.75) is 5.37 Å². The second-order valence-corrected chi connectivity index (χ2v) is 5.22. The van der Waals surface area contributed by atoms with Crippen LogP contribution in [-0.2, 0) is 4.79 Å². The molecule has 0 saturated carbocycles. The molecule has 1 fully saturated rings. The Labute approximate surface area is 113 Å². The third-order valence-corrected chi connectivity index (χ3v) is 4.08. The van der Waals surface area contributed by atoms with Crippen LogP contribution in [0.4, 0.5) is 0 Å². The van der Waals surface area contributed by atoms with Crippen LogP contribution in [0, 0.1) is 0 Å². The maximum Gasteiger partial charge on any atom is 0.258 e. The summed E-state index contributed by atoms with van der Waals surface area (Å²) in [6.07, 6.45) is 1.82. The lowest BCUT2D eigenvalue weighted by Gasteiger charge is -1.98. The number of thiocarbonyl (C=S) groups is 1. The molecule has 2 heterocycles. The molecule has 1 N–H and O–H groups in total. The summed E-state index contributed by atoms with van der Waals surface area (Å²) in [5, 5.41) is 4.19. The molecule has 0 radical (unpaired) electrons. The van der Waals surface area contributed by atoms with E-state index in [4.69, 9.17) is 21.7 Å². The van der Waals surface area contributed by atoms with Gasteiger partial charge in [-0.15, -0.1) is 0 Å². The highest BCUT2D eigenvalue weighted by Gasteiger charge is 2.25. The molecule has 4 nitrogen and oxygen atoms in total. The molecular formula is C12H9NO3S2. The molecule has 1 saturated heterocycles. The van der Waals surface area contributed by atoms with Crippen LogP contribution in [0.5, 0.6) is 11.5 Å². The fourth-order valence-corrected chi connectivity index (χ4v) is 2.84. The quantitative estimate of drug-likeness (QED) is 0.662. The maximum absolute atomic E-state index is 11.7. The van der Waals surface area contributed by atoms with Gasteiger partial charge in [-0.05, 0) is 23.8 Å². The van der Waals surface area contributed by atoms with Crippen LogP contribution < -0.4 is 14.8 Å². The third-order valence-electron chi connectivity index (χ3n) is 2.57. The predicted octanol–water partition coefficient (Wildman–Crippen LogP) is 1.94. The van der Waals surface area contributed by atoms with Crippen LogP contribution in [0.2, 0.25) is 0 Å². The van der Waals surface area contributed by atoms with Crippen LogP contribution in [0.3, 0.4) is 0 Å². The zero-order valence-corrected chi connectivity index (χ0v) is 10.8. The Kier molecular flexibility index (Phi) is 2.97. The van der Waals surface area contributed by atoms with Gasteiger partial charge in [0.15, 0.2) is 11.5 Å². The van der Waals surface area contributed by atoms with Gasteiger partial charge in [0.25, 0.3) is 5.91 Å². The number of ether oxygens (including phenoxy) is 2. The molecule has 0 bridgehead atoms. The molecule has 1 aromatic rings. The Balaban J connectivity index is 1.88. The number of nitrogens with one attached hydrogen (secondary N) is 1. The van der Waals surface area contributed by atoms with Crippen LogP contribution in [-0.4, -0.2) is 23.4 Å². The van der Waals surface area contributed by atoms with E-state index >= 15 is 0 Å². The number of fused-ring (bicyclic) bond motifs is 1. The minimum Gasteiger partial charge on any atom is -0.454 e. The van der Waals surface area contributed by atoms with Crippen LogP contribution in [0.25, 0.3) is 6.08 Å². The Morgan fingerprint density at radius 2 is 2.22 bits per heavy atom. The molecule has 1 aromatic carbocycles. The SMILES string of the molecule is O=C1NC(C=S)S/C1=C\c1ccc2c(c1)OCO2. The van der Waals surface area contributed by atoms with E-state index in [1.54, 1.807) is 5.37 Å². The number of thioether (sulfide) groups is 1. The summed E-state index contributed by atoms with van der Waals surface area (Å²) < 4.78 is 10.5. The second-order valence-electron chi connectivity index (χ2n) is 3.77. The average Bonchev–Trinajstić information content (AvgIpc) is 2.96. The highest BCUT2D eigenvalue weighted by Crippen LogP contribution is 2.34. The van der Waals surface area contributed by atoms with E-state index < -0.39 is 0 Å². The van der Waals surface area contributed by atoms with E-state index in [2.05, 4.69) is 5.32 Å². The molecule has 1 atom stereocenters. The van der Waals surface area contributed by atoms with Crippen molar-refractivity contribution in [1.29, 1.82) is 0 Å². The zero-order valence-electron chi connectivity index (χ0n) is 9.21. The van der Waals surface area contributed by atoms with Gasteiger partial charge in [0, 0.05) is 5.37 Å². The Morgan fingerprint density at radius 1 is 1.39 bits per heavy atom. The highest BCUT2D eigenvalue weighted by atomic mass is 32.2. The van der Waals surface area contributed by atoms with Gasteiger partial charge < -0.3 is 14.8 Å². The minimum absolute atomic E-state index is 0.0937. The fraction of sp³-hybridized carbons (Fsp3) is 0.167. The lowest BCUT2D eigenvalue weighted by molar-refractivity contribution is -0.116. The van der Waals surface area contributed by atoms with Crippen LogP contribution >= 0.6 is 24.0 Å². The molecule has 18 heavy (non-hydrogen) atoms. The van der Waals surface area contributed by atoms with Gasteiger partial charge in [-0.25, -0.2) is 0 Å². The van der Waals surface area contributed by atoms with Crippen molar-refractivity contribution in [2.75, 3.05) is 6.79 Å². The van der Waals surface area contributed by atoms with Gasteiger partial charge in [-0.2, -0.15) is 0 Å². The van der Waals surface area contributed by atoms with E-state index in [1.807, 2.05) is 24.3 Å². The summed E-state index contributed by atoms with van der Waals surface area (Å²) >= 11 is 6.24. The summed E-state index contributed by atoms with van der Waals surface area (Å²) in [4.78, 5) is 12.3. The Hall–Kier alpha value is -1.53. The van der Waals surface area contributed by atoms with Crippen molar-refractivity contribution in [3.8, 4) is 11.5 Å². The monoisotopic (exact) mass is 279 g/mol. The largest absolute Gasteiger partial charge is 0.454 e. The van der Waals surface area contributed by atoms with Gasteiger partial charge in [-0.3, -0.25) is 4.79 Å². The summed E-state index contributed by atoms with van der Waals surface area (Å²) in [7, 11) is 0. The number of hydrogen-bond donors (Lipinski definition) is 1. The maximum atomic E-state index is 11.7. The Bertz CT molecular complexity index is 556. The first kappa shape index (κ1) is 11.6. The lowest BCUT2D eigenvalue weighted by Crippen LogP contribution is -2.24.